The van der Waals surface area contributed by atoms with Gasteiger partial charge >= 0.3 is 0 Å². The van der Waals surface area contributed by atoms with Crippen LogP contribution >= 0.6 is 0 Å². The second kappa shape index (κ2) is 6.23. The summed E-state index contributed by atoms with van der Waals surface area (Å²) < 4.78 is 16.2. The van der Waals surface area contributed by atoms with Crippen molar-refractivity contribution < 1.29 is 8.97 Å². The van der Waals surface area contributed by atoms with Gasteiger partial charge in [-0.05, 0) is 47.7 Å². The van der Waals surface area contributed by atoms with E-state index >= 15 is 0 Å². The number of fused-ring (bicyclic) bond motifs is 1. The zero-order chi connectivity index (χ0) is 15.6. The molecule has 1 aromatic heterocycles. The lowest BCUT2D eigenvalue weighted by molar-refractivity contribution is -0.509. The summed E-state index contributed by atoms with van der Waals surface area (Å²) in [6.07, 6.45) is 9.33. The molecule has 23 heavy (non-hydrogen) atoms. The van der Waals surface area contributed by atoms with Crippen LogP contribution < -0.4 is 0 Å². The summed E-state index contributed by atoms with van der Waals surface area (Å²) in [5.74, 6) is 0.246. The van der Waals surface area contributed by atoms with Gasteiger partial charge in [-0.2, -0.15) is 0 Å². The minimum atomic E-state index is -0.117. The van der Waals surface area contributed by atoms with Gasteiger partial charge in [0.15, 0.2) is 5.71 Å². The van der Waals surface area contributed by atoms with Crippen molar-refractivity contribution in [1.29, 1.82) is 0 Å². The van der Waals surface area contributed by atoms with E-state index in [-0.39, 0.29) is 5.82 Å². The first kappa shape index (κ1) is 14.6. The summed E-state index contributed by atoms with van der Waals surface area (Å²) in [6.45, 7) is 2.35. The number of hydrogen-bond donors (Lipinski definition) is 0. The Hall–Kier alpha value is -2.03. The SMILES string of the molecule is Fc1ccc2c(c1)CCC(=[N+]1CCCC1)C2Cc1cccnc1. The van der Waals surface area contributed by atoms with Crippen molar-refractivity contribution in [3.05, 3.63) is 65.2 Å². The van der Waals surface area contributed by atoms with Gasteiger partial charge in [0.2, 0.25) is 0 Å². The molecule has 0 bridgehead atoms. The minimum absolute atomic E-state index is 0.117. The molecule has 118 valence electrons. The van der Waals surface area contributed by atoms with Gasteiger partial charge in [-0.1, -0.05) is 12.1 Å². The third-order valence-corrected chi connectivity index (χ3v) is 5.21. The van der Waals surface area contributed by atoms with Crippen LogP contribution in [0.3, 0.4) is 0 Å². The average Bonchev–Trinajstić information content (AvgIpc) is 3.10. The molecule has 1 unspecified atom stereocenters. The van der Waals surface area contributed by atoms with E-state index in [1.54, 1.807) is 17.8 Å². The maximum absolute atomic E-state index is 13.6. The third-order valence-electron chi connectivity index (χ3n) is 5.21. The molecule has 4 rings (SSSR count). The molecule has 2 heterocycles. The van der Waals surface area contributed by atoms with Crippen LogP contribution in [0, 0.1) is 5.82 Å². The third kappa shape index (κ3) is 2.92. The van der Waals surface area contributed by atoms with Gasteiger partial charge in [0.1, 0.15) is 18.9 Å². The molecule has 1 aliphatic heterocycles. The van der Waals surface area contributed by atoms with Gasteiger partial charge in [-0.15, -0.1) is 0 Å². The van der Waals surface area contributed by atoms with Crippen LogP contribution in [0.4, 0.5) is 4.39 Å². The standard InChI is InChI=1S/C20H22FN2/c21-17-6-7-18-16(13-17)5-8-20(23-10-1-2-11-23)19(18)12-15-4-3-9-22-14-15/h3-4,6-7,9,13-14,19H,1-2,5,8,10-12H2/q+1. The Morgan fingerprint density at radius 2 is 2.00 bits per heavy atom. The molecule has 1 fully saturated rings. The fourth-order valence-electron chi connectivity index (χ4n) is 4.11. The Balaban J connectivity index is 1.76. The van der Waals surface area contributed by atoms with Crippen molar-refractivity contribution in [3.8, 4) is 0 Å². The molecule has 2 nitrogen and oxygen atoms in total. The summed E-state index contributed by atoms with van der Waals surface area (Å²) >= 11 is 0. The Morgan fingerprint density at radius 1 is 1.13 bits per heavy atom. The van der Waals surface area contributed by atoms with E-state index in [1.807, 2.05) is 24.5 Å². The lowest BCUT2D eigenvalue weighted by atomic mass is 9.78. The highest BCUT2D eigenvalue weighted by molar-refractivity contribution is 5.89. The van der Waals surface area contributed by atoms with E-state index in [0.717, 1.165) is 19.3 Å². The molecule has 1 aromatic carbocycles. The summed E-state index contributed by atoms with van der Waals surface area (Å²) in [7, 11) is 0. The molecule has 0 saturated carbocycles. The monoisotopic (exact) mass is 309 g/mol. The Morgan fingerprint density at radius 3 is 2.78 bits per heavy atom. The van der Waals surface area contributed by atoms with Gasteiger partial charge in [-0.25, -0.2) is 8.97 Å². The predicted molar refractivity (Wildman–Crippen MR) is 89.6 cm³/mol. The minimum Gasteiger partial charge on any atom is -0.264 e. The lowest BCUT2D eigenvalue weighted by Gasteiger charge is -2.26. The summed E-state index contributed by atoms with van der Waals surface area (Å²) in [6, 6.07) is 9.49. The molecule has 1 atom stereocenters. The highest BCUT2D eigenvalue weighted by Gasteiger charge is 2.33. The Kier molecular flexibility index (Phi) is 3.94. The Labute approximate surface area is 136 Å². The number of nitrogens with zero attached hydrogens (tertiary/aromatic N) is 2. The van der Waals surface area contributed by atoms with Crippen LogP contribution in [-0.2, 0) is 12.8 Å². The largest absolute Gasteiger partial charge is 0.264 e. The lowest BCUT2D eigenvalue weighted by Crippen LogP contribution is -2.31. The number of rotatable bonds is 2. The van der Waals surface area contributed by atoms with Crippen molar-refractivity contribution >= 4 is 5.71 Å². The maximum Gasteiger partial charge on any atom is 0.160 e. The molecule has 2 aromatic rings. The van der Waals surface area contributed by atoms with Gasteiger partial charge in [-0.3, -0.25) is 4.98 Å². The first-order valence-electron chi connectivity index (χ1n) is 8.59. The van der Waals surface area contributed by atoms with E-state index in [9.17, 15) is 4.39 Å². The van der Waals surface area contributed by atoms with E-state index in [0.29, 0.717) is 5.92 Å². The average molecular weight is 309 g/mol. The van der Waals surface area contributed by atoms with Crippen molar-refractivity contribution in [2.75, 3.05) is 13.1 Å². The normalized spacial score (nSPS) is 20.7. The molecule has 0 radical (unpaired) electrons. The van der Waals surface area contributed by atoms with Gasteiger partial charge in [0.05, 0.1) is 5.92 Å². The number of hydrogen-bond acceptors (Lipinski definition) is 1. The van der Waals surface area contributed by atoms with Gasteiger partial charge in [0.25, 0.3) is 0 Å². The molecule has 1 saturated heterocycles. The predicted octanol–water partition coefficient (Wildman–Crippen LogP) is 3.74. The summed E-state index contributed by atoms with van der Waals surface area (Å²) in [4.78, 5) is 4.26. The number of halogens is 1. The highest BCUT2D eigenvalue weighted by Crippen LogP contribution is 2.33. The molecule has 0 amide bonds. The summed E-state index contributed by atoms with van der Waals surface area (Å²) in [5, 5.41) is 0. The van der Waals surface area contributed by atoms with E-state index < -0.39 is 0 Å². The second-order valence-corrected chi connectivity index (χ2v) is 6.65. The van der Waals surface area contributed by atoms with Crippen LogP contribution in [0.5, 0.6) is 0 Å². The molecule has 3 heteroatoms. The fourth-order valence-corrected chi connectivity index (χ4v) is 4.11. The number of benzene rings is 1. The molecule has 2 aliphatic rings. The van der Waals surface area contributed by atoms with Crippen LogP contribution in [-0.4, -0.2) is 28.4 Å². The van der Waals surface area contributed by atoms with Crippen molar-refractivity contribution in [1.82, 2.24) is 4.98 Å². The molecular formula is C20H22FN2+. The quantitative estimate of drug-likeness (QED) is 0.772. The zero-order valence-electron chi connectivity index (χ0n) is 13.3. The van der Waals surface area contributed by atoms with Gasteiger partial charge in [0, 0.05) is 31.7 Å². The van der Waals surface area contributed by atoms with E-state index in [2.05, 4.69) is 15.6 Å². The maximum atomic E-state index is 13.6. The van der Waals surface area contributed by atoms with Crippen LogP contribution in [0.1, 0.15) is 41.9 Å². The number of aryl methyl sites for hydroxylation is 1. The first-order chi connectivity index (χ1) is 11.3. The smallest absolute Gasteiger partial charge is 0.160 e. The molecule has 0 N–H and O–H groups in total. The van der Waals surface area contributed by atoms with Crippen molar-refractivity contribution in [3.63, 3.8) is 0 Å². The van der Waals surface area contributed by atoms with Crippen LogP contribution in [0.25, 0.3) is 0 Å². The first-order valence-corrected chi connectivity index (χ1v) is 8.59. The van der Waals surface area contributed by atoms with Crippen molar-refractivity contribution in [2.45, 2.75) is 38.0 Å². The van der Waals surface area contributed by atoms with Crippen molar-refractivity contribution in [2.24, 2.45) is 0 Å². The van der Waals surface area contributed by atoms with E-state index in [4.69, 9.17) is 0 Å². The summed E-state index contributed by atoms with van der Waals surface area (Å²) in [5.41, 5.74) is 5.29. The van der Waals surface area contributed by atoms with Crippen LogP contribution in [0.2, 0.25) is 0 Å². The topological polar surface area (TPSA) is 15.9 Å². The van der Waals surface area contributed by atoms with Gasteiger partial charge < -0.3 is 0 Å². The molecule has 1 aliphatic carbocycles. The zero-order valence-corrected chi connectivity index (χ0v) is 13.3. The molecular weight excluding hydrogens is 287 g/mol. The fraction of sp³-hybridized carbons (Fsp3) is 0.400. The second-order valence-electron chi connectivity index (χ2n) is 6.65. The number of aromatic nitrogens is 1. The Bertz CT molecular complexity index is 729. The highest BCUT2D eigenvalue weighted by atomic mass is 19.1. The van der Waals surface area contributed by atoms with Crippen LogP contribution in [0.15, 0.2) is 42.7 Å². The number of pyridine rings is 1. The van der Waals surface area contributed by atoms with E-state index in [1.165, 1.54) is 42.6 Å². The molecule has 0 spiro atoms.